The topological polar surface area (TPSA) is 35.2 Å². The van der Waals surface area contributed by atoms with Crippen LogP contribution in [0.4, 0.5) is 4.39 Å². The van der Waals surface area contributed by atoms with Crippen LogP contribution in [0.1, 0.15) is 51.9 Å². The average Bonchev–Trinajstić information content (AvgIpc) is 2.27. The zero-order valence-electron chi connectivity index (χ0n) is 10.3. The van der Waals surface area contributed by atoms with Crippen molar-refractivity contribution >= 4 is 0 Å². The van der Waals surface area contributed by atoms with Gasteiger partial charge in [0.1, 0.15) is 5.67 Å². The van der Waals surface area contributed by atoms with Crippen LogP contribution in [0.15, 0.2) is 0 Å². The van der Waals surface area contributed by atoms with Gasteiger partial charge in [-0.1, -0.05) is 13.3 Å². The second kappa shape index (κ2) is 4.61. The van der Waals surface area contributed by atoms with Crippen LogP contribution in [-0.4, -0.2) is 24.4 Å². The van der Waals surface area contributed by atoms with Gasteiger partial charge in [0.25, 0.3) is 0 Å². The van der Waals surface area contributed by atoms with Crippen LogP contribution < -0.4 is 5.73 Å². The molecule has 1 aliphatic heterocycles. The molecule has 2 atom stereocenters. The van der Waals surface area contributed by atoms with Crippen molar-refractivity contribution < 1.29 is 9.13 Å². The Kier molecular flexibility index (Phi) is 3.55. The molecule has 2 N–H and O–H groups in total. The summed E-state index contributed by atoms with van der Waals surface area (Å²) in [6, 6.07) is 0. The maximum atomic E-state index is 14.7. The van der Waals surface area contributed by atoms with Crippen LogP contribution in [-0.2, 0) is 4.74 Å². The van der Waals surface area contributed by atoms with Gasteiger partial charge in [-0.15, -0.1) is 0 Å². The van der Waals surface area contributed by atoms with E-state index in [0.717, 1.165) is 38.7 Å². The first-order valence-electron chi connectivity index (χ1n) is 6.67. The summed E-state index contributed by atoms with van der Waals surface area (Å²) in [6.07, 6.45) is 6.69. The molecule has 1 heterocycles. The molecule has 2 aliphatic rings. The van der Waals surface area contributed by atoms with Crippen LogP contribution in [0.5, 0.6) is 0 Å². The lowest BCUT2D eigenvalue weighted by Crippen LogP contribution is -2.52. The molecule has 0 radical (unpaired) electrons. The molecule has 2 rings (SSSR count). The molecule has 2 fully saturated rings. The Morgan fingerprint density at radius 3 is 2.75 bits per heavy atom. The Balaban J connectivity index is 2.01. The Bertz CT molecular complexity index is 242. The fraction of sp³-hybridized carbons (Fsp3) is 1.00. The minimum absolute atomic E-state index is 0.0309. The van der Waals surface area contributed by atoms with E-state index < -0.39 is 5.67 Å². The first-order chi connectivity index (χ1) is 7.64. The van der Waals surface area contributed by atoms with Crippen molar-refractivity contribution in [3.8, 4) is 0 Å². The van der Waals surface area contributed by atoms with Crippen molar-refractivity contribution in [3.05, 3.63) is 0 Å². The number of rotatable bonds is 4. The van der Waals surface area contributed by atoms with Gasteiger partial charge in [0.05, 0.1) is 5.60 Å². The lowest BCUT2D eigenvalue weighted by molar-refractivity contribution is -0.163. The molecule has 1 aliphatic carbocycles. The molecule has 2 unspecified atom stereocenters. The minimum atomic E-state index is -1.15. The van der Waals surface area contributed by atoms with Gasteiger partial charge >= 0.3 is 0 Å². The summed E-state index contributed by atoms with van der Waals surface area (Å²) in [4.78, 5) is 0. The number of ether oxygens (including phenoxy) is 1. The zero-order valence-corrected chi connectivity index (χ0v) is 10.3. The molecule has 1 saturated carbocycles. The van der Waals surface area contributed by atoms with Gasteiger partial charge in [-0.2, -0.15) is 0 Å². The molecule has 2 nitrogen and oxygen atoms in total. The normalized spacial score (nSPS) is 32.1. The molecule has 0 aromatic rings. The molecule has 94 valence electrons. The Labute approximate surface area is 97.7 Å². The molecule has 0 aromatic heterocycles. The van der Waals surface area contributed by atoms with E-state index in [2.05, 4.69) is 0 Å². The molecule has 0 bridgehead atoms. The quantitative estimate of drug-likeness (QED) is 0.804. The maximum Gasteiger partial charge on any atom is 0.126 e. The minimum Gasteiger partial charge on any atom is -0.375 e. The van der Waals surface area contributed by atoms with Crippen molar-refractivity contribution in [2.75, 3.05) is 13.2 Å². The van der Waals surface area contributed by atoms with Crippen LogP contribution in [0.3, 0.4) is 0 Å². The van der Waals surface area contributed by atoms with Gasteiger partial charge in [-0.05, 0) is 44.4 Å². The van der Waals surface area contributed by atoms with E-state index in [0.29, 0.717) is 6.42 Å². The lowest BCUT2D eigenvalue weighted by Gasteiger charge is -2.50. The predicted octanol–water partition coefficient (Wildman–Crippen LogP) is 2.80. The predicted molar refractivity (Wildman–Crippen MR) is 63.1 cm³/mol. The molecule has 1 spiro atoms. The van der Waals surface area contributed by atoms with Gasteiger partial charge in [-0.3, -0.25) is 0 Å². The van der Waals surface area contributed by atoms with E-state index in [1.165, 1.54) is 6.42 Å². The van der Waals surface area contributed by atoms with Crippen LogP contribution >= 0.6 is 0 Å². The molecular weight excluding hydrogens is 205 g/mol. The number of halogens is 1. The fourth-order valence-electron chi connectivity index (χ4n) is 3.28. The van der Waals surface area contributed by atoms with Gasteiger partial charge in [0.15, 0.2) is 0 Å². The van der Waals surface area contributed by atoms with Gasteiger partial charge in [0.2, 0.25) is 0 Å². The van der Waals surface area contributed by atoms with E-state index in [1.807, 2.05) is 6.92 Å². The number of nitrogens with two attached hydrogens (primary N) is 1. The largest absolute Gasteiger partial charge is 0.375 e. The molecule has 0 aromatic carbocycles. The van der Waals surface area contributed by atoms with E-state index in [9.17, 15) is 4.39 Å². The summed E-state index contributed by atoms with van der Waals surface area (Å²) in [6.45, 7) is 2.92. The molecular formula is C13H24FNO. The van der Waals surface area contributed by atoms with E-state index in [-0.39, 0.29) is 18.1 Å². The highest BCUT2D eigenvalue weighted by Crippen LogP contribution is 2.48. The Morgan fingerprint density at radius 2 is 2.25 bits per heavy atom. The average molecular weight is 229 g/mol. The van der Waals surface area contributed by atoms with Gasteiger partial charge < -0.3 is 10.5 Å². The third-order valence-electron chi connectivity index (χ3n) is 4.49. The highest BCUT2D eigenvalue weighted by atomic mass is 19.1. The monoisotopic (exact) mass is 229 g/mol. The lowest BCUT2D eigenvalue weighted by atomic mass is 9.67. The van der Waals surface area contributed by atoms with Crippen molar-refractivity contribution in [1.29, 1.82) is 0 Å². The third kappa shape index (κ3) is 2.12. The van der Waals surface area contributed by atoms with Crippen LogP contribution in [0.25, 0.3) is 0 Å². The smallest absolute Gasteiger partial charge is 0.126 e. The zero-order chi connectivity index (χ0) is 11.6. The summed E-state index contributed by atoms with van der Waals surface area (Å²) >= 11 is 0. The molecule has 3 heteroatoms. The second-order valence-electron chi connectivity index (χ2n) is 5.56. The van der Waals surface area contributed by atoms with Crippen molar-refractivity contribution in [1.82, 2.24) is 0 Å². The van der Waals surface area contributed by atoms with Crippen molar-refractivity contribution in [2.24, 2.45) is 11.7 Å². The number of hydrogen-bond donors (Lipinski definition) is 1. The highest BCUT2D eigenvalue weighted by Gasteiger charge is 2.48. The summed E-state index contributed by atoms with van der Waals surface area (Å²) < 4.78 is 20.6. The summed E-state index contributed by atoms with van der Waals surface area (Å²) in [5.74, 6) is 0.117. The van der Waals surface area contributed by atoms with Crippen molar-refractivity contribution in [2.45, 2.75) is 63.1 Å². The van der Waals surface area contributed by atoms with Gasteiger partial charge in [-0.25, -0.2) is 4.39 Å². The van der Waals surface area contributed by atoms with E-state index in [1.54, 1.807) is 0 Å². The van der Waals surface area contributed by atoms with E-state index >= 15 is 0 Å². The number of alkyl halides is 1. The second-order valence-corrected chi connectivity index (χ2v) is 5.56. The number of hydrogen-bond acceptors (Lipinski definition) is 2. The molecule has 0 amide bonds. The van der Waals surface area contributed by atoms with Crippen molar-refractivity contribution in [3.63, 3.8) is 0 Å². The van der Waals surface area contributed by atoms with Crippen LogP contribution in [0.2, 0.25) is 0 Å². The SMILES string of the molecule is CCCC(F)(CN)C1CCOC2(CCC2)C1. The maximum absolute atomic E-state index is 14.7. The standard InChI is InChI=1S/C13H24FNO/c1-2-5-13(14,10-15)11-4-8-16-12(9-11)6-3-7-12/h11H,2-10,15H2,1H3. The van der Waals surface area contributed by atoms with E-state index in [4.69, 9.17) is 10.5 Å². The van der Waals surface area contributed by atoms with Gasteiger partial charge in [0, 0.05) is 13.2 Å². The summed E-state index contributed by atoms with van der Waals surface area (Å²) in [5, 5.41) is 0. The Hall–Kier alpha value is -0.150. The van der Waals surface area contributed by atoms with Crippen LogP contribution in [0, 0.1) is 5.92 Å². The molecule has 1 saturated heterocycles. The Morgan fingerprint density at radius 1 is 1.50 bits per heavy atom. The summed E-state index contributed by atoms with van der Waals surface area (Å²) in [5.41, 5.74) is 4.54. The highest BCUT2D eigenvalue weighted by molar-refractivity contribution is 5.00. The first-order valence-corrected chi connectivity index (χ1v) is 6.67. The fourth-order valence-corrected chi connectivity index (χ4v) is 3.28. The summed E-state index contributed by atoms with van der Waals surface area (Å²) in [7, 11) is 0. The molecule has 16 heavy (non-hydrogen) atoms. The first kappa shape index (κ1) is 12.3. The third-order valence-corrected chi connectivity index (χ3v) is 4.49.